The van der Waals surface area contributed by atoms with Gasteiger partial charge in [-0.3, -0.25) is 9.20 Å². The lowest BCUT2D eigenvalue weighted by molar-refractivity contribution is 0.973. The van der Waals surface area contributed by atoms with Gasteiger partial charge in [-0.25, -0.2) is 4.98 Å². The highest BCUT2D eigenvalue weighted by Gasteiger charge is 2.13. The zero-order valence-corrected chi connectivity index (χ0v) is 13.5. The average Bonchev–Trinajstić information content (AvgIpc) is 3.10. The summed E-state index contributed by atoms with van der Waals surface area (Å²) in [6.07, 6.45) is 1.79. The maximum Gasteiger partial charge on any atom is 0.259 e. The third-order valence-corrected chi connectivity index (χ3v) is 4.80. The molecule has 3 aromatic heterocycles. The molecule has 0 bridgehead atoms. The van der Waals surface area contributed by atoms with Crippen LogP contribution >= 0.6 is 11.3 Å². The third kappa shape index (κ3) is 2.29. The van der Waals surface area contributed by atoms with Crippen molar-refractivity contribution in [1.29, 1.82) is 0 Å². The van der Waals surface area contributed by atoms with Gasteiger partial charge in [-0.1, -0.05) is 24.3 Å². The summed E-state index contributed by atoms with van der Waals surface area (Å²) in [5, 5.41) is 5.18. The Morgan fingerprint density at radius 2 is 2.04 bits per heavy atom. The molecule has 0 aliphatic rings. The van der Waals surface area contributed by atoms with Crippen LogP contribution in [0.25, 0.3) is 16.4 Å². The van der Waals surface area contributed by atoms with Gasteiger partial charge in [0.1, 0.15) is 11.5 Å². The Morgan fingerprint density at radius 1 is 1.17 bits per heavy atom. The first kappa shape index (κ1) is 14.0. The average molecular weight is 321 g/mol. The van der Waals surface area contributed by atoms with Gasteiger partial charge in [0.15, 0.2) is 0 Å². The number of hydrogen-bond acceptors (Lipinski definition) is 4. The van der Waals surface area contributed by atoms with Crippen LogP contribution in [0.3, 0.4) is 0 Å². The molecule has 0 saturated carbocycles. The van der Waals surface area contributed by atoms with Crippen molar-refractivity contribution in [1.82, 2.24) is 9.38 Å². The van der Waals surface area contributed by atoms with Crippen molar-refractivity contribution < 1.29 is 0 Å². The molecular weight excluding hydrogens is 306 g/mol. The molecule has 23 heavy (non-hydrogen) atoms. The second kappa shape index (κ2) is 5.52. The van der Waals surface area contributed by atoms with Crippen molar-refractivity contribution in [2.24, 2.45) is 0 Å². The molecule has 4 nitrogen and oxygen atoms in total. The van der Waals surface area contributed by atoms with Crippen molar-refractivity contribution in [3.63, 3.8) is 0 Å². The highest BCUT2D eigenvalue weighted by Crippen LogP contribution is 2.28. The van der Waals surface area contributed by atoms with E-state index in [1.807, 2.05) is 47.8 Å². The molecule has 4 rings (SSSR count). The normalized spacial score (nSPS) is 11.2. The molecule has 0 atom stereocenters. The molecular formula is C18H15N3OS. The van der Waals surface area contributed by atoms with Gasteiger partial charge in [-0.2, -0.15) is 0 Å². The van der Waals surface area contributed by atoms with Crippen molar-refractivity contribution >= 4 is 38.6 Å². The van der Waals surface area contributed by atoms with Crippen molar-refractivity contribution in [3.05, 3.63) is 70.5 Å². The number of aromatic nitrogens is 2. The van der Waals surface area contributed by atoms with Gasteiger partial charge in [-0.05, 0) is 35.9 Å². The molecule has 0 aliphatic carbocycles. The lowest BCUT2D eigenvalue weighted by atomic mass is 10.2. The van der Waals surface area contributed by atoms with Crippen LogP contribution in [0, 0.1) is 0 Å². The zero-order valence-electron chi connectivity index (χ0n) is 12.6. The monoisotopic (exact) mass is 321 g/mol. The molecule has 4 aromatic rings. The van der Waals surface area contributed by atoms with E-state index in [4.69, 9.17) is 4.98 Å². The third-order valence-electron chi connectivity index (χ3n) is 3.91. The van der Waals surface area contributed by atoms with Crippen LogP contribution in [-0.4, -0.2) is 15.9 Å². The summed E-state index contributed by atoms with van der Waals surface area (Å²) < 4.78 is 1.61. The van der Waals surface area contributed by atoms with Crippen LogP contribution in [-0.2, 0) is 0 Å². The van der Waals surface area contributed by atoms with E-state index >= 15 is 0 Å². The van der Waals surface area contributed by atoms with Gasteiger partial charge < -0.3 is 4.90 Å². The summed E-state index contributed by atoms with van der Waals surface area (Å²) in [6.45, 7) is 2.82. The van der Waals surface area contributed by atoms with Crippen molar-refractivity contribution in [2.75, 3.05) is 11.4 Å². The topological polar surface area (TPSA) is 37.6 Å². The van der Waals surface area contributed by atoms with Crippen LogP contribution in [0.5, 0.6) is 0 Å². The Hall–Kier alpha value is -2.66. The van der Waals surface area contributed by atoms with Gasteiger partial charge in [0.2, 0.25) is 0 Å². The van der Waals surface area contributed by atoms with Crippen LogP contribution in [0.1, 0.15) is 6.92 Å². The minimum atomic E-state index is -0.0641. The van der Waals surface area contributed by atoms with E-state index in [0.29, 0.717) is 11.5 Å². The number of benzene rings is 1. The predicted molar refractivity (Wildman–Crippen MR) is 96.0 cm³/mol. The van der Waals surface area contributed by atoms with Crippen molar-refractivity contribution in [2.45, 2.75) is 6.92 Å². The first-order valence-electron chi connectivity index (χ1n) is 7.50. The van der Waals surface area contributed by atoms with E-state index in [1.54, 1.807) is 28.0 Å². The van der Waals surface area contributed by atoms with E-state index in [0.717, 1.165) is 22.3 Å². The minimum Gasteiger partial charge on any atom is -0.318 e. The molecule has 0 amide bonds. The quantitative estimate of drug-likeness (QED) is 0.534. The number of anilines is 2. The SMILES string of the molecule is CCN(c1cc(=O)n2ccc3ccccc3c2n1)c1cccs1. The second-order valence-electron chi connectivity index (χ2n) is 5.24. The van der Waals surface area contributed by atoms with Gasteiger partial charge in [0, 0.05) is 24.2 Å². The van der Waals surface area contributed by atoms with Crippen LogP contribution < -0.4 is 10.5 Å². The molecule has 0 radical (unpaired) electrons. The predicted octanol–water partition coefficient (Wildman–Crippen LogP) is 4.07. The van der Waals surface area contributed by atoms with Gasteiger partial charge >= 0.3 is 0 Å². The summed E-state index contributed by atoms with van der Waals surface area (Å²) in [5.74, 6) is 0.691. The molecule has 114 valence electrons. The van der Waals surface area contributed by atoms with E-state index in [9.17, 15) is 4.79 Å². The second-order valence-corrected chi connectivity index (χ2v) is 6.17. The Morgan fingerprint density at radius 3 is 2.83 bits per heavy atom. The molecule has 5 heteroatoms. The van der Waals surface area contributed by atoms with Gasteiger partial charge in [0.25, 0.3) is 5.56 Å². The van der Waals surface area contributed by atoms with Gasteiger partial charge in [-0.15, -0.1) is 11.3 Å². The standard InChI is InChI=1S/C18H15N3OS/c1-2-20(17-8-5-11-23-17)15-12-16(22)21-10-9-13-6-3-4-7-14(13)18(21)19-15/h3-12H,2H2,1H3. The van der Waals surface area contributed by atoms with Crippen LogP contribution in [0.15, 0.2) is 64.9 Å². The molecule has 0 fully saturated rings. The molecule has 3 heterocycles. The first-order valence-corrected chi connectivity index (χ1v) is 8.38. The Labute approximate surface area is 137 Å². The summed E-state index contributed by atoms with van der Waals surface area (Å²) in [6, 6.07) is 15.6. The fourth-order valence-electron chi connectivity index (χ4n) is 2.81. The fourth-order valence-corrected chi connectivity index (χ4v) is 3.61. The summed E-state index contributed by atoms with van der Waals surface area (Å²) in [5.41, 5.74) is 0.631. The number of nitrogens with zero attached hydrogens (tertiary/aromatic N) is 3. The number of thiophene rings is 1. The molecule has 0 N–H and O–H groups in total. The van der Waals surface area contributed by atoms with Crippen LogP contribution in [0.2, 0.25) is 0 Å². The fraction of sp³-hybridized carbons (Fsp3) is 0.111. The Kier molecular flexibility index (Phi) is 3.35. The van der Waals surface area contributed by atoms with E-state index < -0.39 is 0 Å². The highest BCUT2D eigenvalue weighted by molar-refractivity contribution is 7.14. The zero-order chi connectivity index (χ0) is 15.8. The molecule has 0 unspecified atom stereocenters. The highest BCUT2D eigenvalue weighted by atomic mass is 32.1. The van der Waals surface area contributed by atoms with Crippen LogP contribution in [0.4, 0.5) is 10.8 Å². The first-order chi connectivity index (χ1) is 11.3. The number of rotatable bonds is 3. The molecule has 0 spiro atoms. The molecule has 0 aliphatic heterocycles. The van der Waals surface area contributed by atoms with E-state index in [2.05, 4.69) is 11.8 Å². The van der Waals surface area contributed by atoms with Gasteiger partial charge in [0.05, 0.1) is 5.00 Å². The number of hydrogen-bond donors (Lipinski definition) is 0. The lowest BCUT2D eigenvalue weighted by Gasteiger charge is -2.20. The largest absolute Gasteiger partial charge is 0.318 e. The summed E-state index contributed by atoms with van der Waals surface area (Å²) >= 11 is 1.64. The van der Waals surface area contributed by atoms with E-state index in [1.165, 1.54) is 0 Å². The maximum atomic E-state index is 12.5. The van der Waals surface area contributed by atoms with Crippen molar-refractivity contribution in [3.8, 4) is 0 Å². The summed E-state index contributed by atoms with van der Waals surface area (Å²) in [7, 11) is 0. The maximum absolute atomic E-state index is 12.5. The Bertz CT molecular complexity index is 1040. The number of fused-ring (bicyclic) bond motifs is 3. The minimum absolute atomic E-state index is 0.0641. The lowest BCUT2D eigenvalue weighted by Crippen LogP contribution is -2.22. The Balaban J connectivity index is 2.02. The summed E-state index contributed by atoms with van der Waals surface area (Å²) in [4.78, 5) is 19.4. The smallest absolute Gasteiger partial charge is 0.259 e. The van der Waals surface area contributed by atoms with E-state index in [-0.39, 0.29) is 5.56 Å². The molecule has 1 aromatic carbocycles. The number of pyridine rings is 1. The molecule has 0 saturated heterocycles.